The molecule has 25 heavy (non-hydrogen) atoms. The van der Waals surface area contributed by atoms with Crippen molar-refractivity contribution in [3.63, 3.8) is 0 Å². The van der Waals surface area contributed by atoms with Crippen LogP contribution in [0.25, 0.3) is 11.3 Å². The lowest BCUT2D eigenvalue weighted by molar-refractivity contribution is -0.133. The number of likely N-dealkylation sites (tertiary alicyclic amines) is 1. The number of aliphatic hydroxyl groups excluding tert-OH is 1. The van der Waals surface area contributed by atoms with Gasteiger partial charge in [0.05, 0.1) is 12.3 Å². The summed E-state index contributed by atoms with van der Waals surface area (Å²) in [5.74, 6) is 0.980. The quantitative estimate of drug-likeness (QED) is 0.904. The lowest BCUT2D eigenvalue weighted by Crippen LogP contribution is -2.43. The highest BCUT2D eigenvalue weighted by atomic mass is 19.1. The first-order valence-electron chi connectivity index (χ1n) is 8.69. The standard InChI is InChI=1S/C19H23FN2O3/c1-13(23)15-3-2-10-22(12-15)19(24)9-8-18-21-11-17(25-18)14-4-6-16(20)7-5-14/h4-7,11,13,15,23H,2-3,8-10,12H2,1H3. The lowest BCUT2D eigenvalue weighted by Gasteiger charge is -2.34. The Morgan fingerprint density at radius 1 is 1.44 bits per heavy atom. The molecule has 1 aromatic carbocycles. The number of hydrogen-bond donors (Lipinski definition) is 1. The highest BCUT2D eigenvalue weighted by Crippen LogP contribution is 2.23. The van der Waals surface area contributed by atoms with E-state index in [2.05, 4.69) is 4.98 Å². The fourth-order valence-corrected chi connectivity index (χ4v) is 3.18. The second-order valence-electron chi connectivity index (χ2n) is 6.61. The molecule has 5 nitrogen and oxygen atoms in total. The number of nitrogens with zero attached hydrogens (tertiary/aromatic N) is 2. The number of halogens is 1. The first kappa shape index (κ1) is 17.6. The first-order chi connectivity index (χ1) is 12.0. The molecule has 6 heteroatoms. The Bertz CT molecular complexity index is 712. The number of rotatable bonds is 5. The second kappa shape index (κ2) is 7.78. The predicted octanol–water partition coefficient (Wildman–Crippen LogP) is 3.03. The minimum Gasteiger partial charge on any atom is -0.441 e. The Kier molecular flexibility index (Phi) is 5.48. The molecule has 0 spiro atoms. The number of carbonyl (C=O) groups excluding carboxylic acids is 1. The molecule has 1 amide bonds. The van der Waals surface area contributed by atoms with Crippen LogP contribution in [0.15, 0.2) is 34.9 Å². The average molecular weight is 346 g/mol. The van der Waals surface area contributed by atoms with Crippen molar-refractivity contribution in [2.75, 3.05) is 13.1 Å². The Morgan fingerprint density at radius 3 is 2.92 bits per heavy atom. The van der Waals surface area contributed by atoms with Gasteiger partial charge in [-0.1, -0.05) is 0 Å². The summed E-state index contributed by atoms with van der Waals surface area (Å²) in [4.78, 5) is 18.4. The minimum atomic E-state index is -0.388. The third-order valence-electron chi connectivity index (χ3n) is 4.73. The van der Waals surface area contributed by atoms with Crippen molar-refractivity contribution in [1.29, 1.82) is 0 Å². The van der Waals surface area contributed by atoms with E-state index in [1.165, 1.54) is 12.1 Å². The normalized spacial score (nSPS) is 19.0. The van der Waals surface area contributed by atoms with Crippen molar-refractivity contribution >= 4 is 5.91 Å². The molecule has 134 valence electrons. The summed E-state index contributed by atoms with van der Waals surface area (Å²) in [6, 6.07) is 6.01. The van der Waals surface area contributed by atoms with Crippen molar-refractivity contribution in [3.05, 3.63) is 42.2 Å². The Labute approximate surface area is 146 Å². The molecule has 2 heterocycles. The van der Waals surface area contributed by atoms with Gasteiger partial charge < -0.3 is 14.4 Å². The zero-order valence-corrected chi connectivity index (χ0v) is 14.3. The zero-order valence-electron chi connectivity index (χ0n) is 14.3. The monoisotopic (exact) mass is 346 g/mol. The van der Waals surface area contributed by atoms with E-state index in [4.69, 9.17) is 4.42 Å². The number of benzene rings is 1. The average Bonchev–Trinajstić information content (AvgIpc) is 3.09. The third kappa shape index (κ3) is 4.45. The van der Waals surface area contributed by atoms with Crippen molar-refractivity contribution in [2.24, 2.45) is 5.92 Å². The maximum Gasteiger partial charge on any atom is 0.223 e. The maximum absolute atomic E-state index is 13.0. The number of amides is 1. The number of hydrogen-bond acceptors (Lipinski definition) is 4. The maximum atomic E-state index is 13.0. The van der Waals surface area contributed by atoms with E-state index in [-0.39, 0.29) is 23.7 Å². The van der Waals surface area contributed by atoms with E-state index in [1.54, 1.807) is 25.3 Å². The van der Waals surface area contributed by atoms with Gasteiger partial charge in [0.25, 0.3) is 0 Å². The van der Waals surface area contributed by atoms with E-state index in [1.807, 2.05) is 4.90 Å². The van der Waals surface area contributed by atoms with Crippen LogP contribution in [0, 0.1) is 11.7 Å². The Morgan fingerprint density at radius 2 is 2.20 bits per heavy atom. The summed E-state index contributed by atoms with van der Waals surface area (Å²) in [5, 5.41) is 9.73. The third-order valence-corrected chi connectivity index (χ3v) is 4.73. The van der Waals surface area contributed by atoms with E-state index in [0.29, 0.717) is 31.0 Å². The van der Waals surface area contributed by atoms with Crippen molar-refractivity contribution in [1.82, 2.24) is 9.88 Å². The number of oxazole rings is 1. The number of carbonyl (C=O) groups is 1. The van der Waals surface area contributed by atoms with Gasteiger partial charge in [0.15, 0.2) is 11.7 Å². The van der Waals surface area contributed by atoms with Crippen molar-refractivity contribution in [3.8, 4) is 11.3 Å². The summed E-state index contributed by atoms with van der Waals surface area (Å²) < 4.78 is 18.6. The molecule has 0 aliphatic carbocycles. The van der Waals surface area contributed by atoms with Gasteiger partial charge >= 0.3 is 0 Å². The summed E-state index contributed by atoms with van der Waals surface area (Å²) in [6.07, 6.45) is 3.85. The Hall–Kier alpha value is -2.21. The summed E-state index contributed by atoms with van der Waals surface area (Å²) in [5.41, 5.74) is 0.752. The molecule has 0 bridgehead atoms. The van der Waals surface area contributed by atoms with E-state index in [9.17, 15) is 14.3 Å². The van der Waals surface area contributed by atoms with Crippen LogP contribution in [0.3, 0.4) is 0 Å². The van der Waals surface area contributed by atoms with Crippen LogP contribution in [0.1, 0.15) is 32.1 Å². The molecule has 2 aromatic rings. The molecule has 1 aliphatic heterocycles. The van der Waals surface area contributed by atoms with Gasteiger partial charge in [0, 0.05) is 37.4 Å². The fraction of sp³-hybridized carbons (Fsp3) is 0.474. The molecule has 0 radical (unpaired) electrons. The summed E-state index contributed by atoms with van der Waals surface area (Å²) in [6.45, 7) is 3.14. The van der Waals surface area contributed by atoms with Crippen LogP contribution in [-0.4, -0.2) is 40.1 Å². The van der Waals surface area contributed by atoms with Gasteiger partial charge in [0.2, 0.25) is 5.91 Å². The largest absolute Gasteiger partial charge is 0.441 e. The van der Waals surface area contributed by atoms with Gasteiger partial charge in [-0.2, -0.15) is 0 Å². The topological polar surface area (TPSA) is 66.6 Å². The molecule has 1 aliphatic rings. The number of aryl methyl sites for hydroxylation is 1. The molecule has 1 N–H and O–H groups in total. The van der Waals surface area contributed by atoms with Gasteiger partial charge in [-0.25, -0.2) is 9.37 Å². The highest BCUT2D eigenvalue weighted by Gasteiger charge is 2.26. The molecular weight excluding hydrogens is 323 g/mol. The molecule has 1 aromatic heterocycles. The molecule has 1 saturated heterocycles. The minimum absolute atomic E-state index is 0.0619. The molecule has 1 fully saturated rings. The number of aromatic nitrogens is 1. The SMILES string of the molecule is CC(O)C1CCCN(C(=O)CCc2ncc(-c3ccc(F)cc3)o2)C1. The highest BCUT2D eigenvalue weighted by molar-refractivity contribution is 5.76. The first-order valence-corrected chi connectivity index (χ1v) is 8.69. The van der Waals surface area contributed by atoms with Gasteiger partial charge in [-0.3, -0.25) is 4.79 Å². The fourth-order valence-electron chi connectivity index (χ4n) is 3.18. The van der Waals surface area contributed by atoms with Crippen molar-refractivity contribution < 1.29 is 18.7 Å². The van der Waals surface area contributed by atoms with Crippen LogP contribution in [0.5, 0.6) is 0 Å². The molecule has 3 rings (SSSR count). The molecule has 0 saturated carbocycles. The molecular formula is C19H23FN2O3. The zero-order chi connectivity index (χ0) is 17.8. The van der Waals surface area contributed by atoms with E-state index >= 15 is 0 Å². The summed E-state index contributed by atoms with van der Waals surface area (Å²) in [7, 11) is 0. The predicted molar refractivity (Wildman–Crippen MR) is 91.2 cm³/mol. The number of piperidine rings is 1. The van der Waals surface area contributed by atoms with Crippen LogP contribution < -0.4 is 0 Å². The summed E-state index contributed by atoms with van der Waals surface area (Å²) >= 11 is 0. The van der Waals surface area contributed by atoms with Crippen LogP contribution in [0.4, 0.5) is 4.39 Å². The van der Waals surface area contributed by atoms with Gasteiger partial charge in [0.1, 0.15) is 5.82 Å². The van der Waals surface area contributed by atoms with Crippen LogP contribution in [-0.2, 0) is 11.2 Å². The lowest BCUT2D eigenvalue weighted by atomic mass is 9.93. The Balaban J connectivity index is 1.55. The second-order valence-corrected chi connectivity index (χ2v) is 6.61. The van der Waals surface area contributed by atoms with Gasteiger partial charge in [-0.05, 0) is 44.0 Å². The van der Waals surface area contributed by atoms with Crippen LogP contribution >= 0.6 is 0 Å². The molecule has 2 unspecified atom stereocenters. The van der Waals surface area contributed by atoms with E-state index < -0.39 is 0 Å². The smallest absolute Gasteiger partial charge is 0.223 e. The molecule has 2 atom stereocenters. The van der Waals surface area contributed by atoms with Gasteiger partial charge in [-0.15, -0.1) is 0 Å². The van der Waals surface area contributed by atoms with Crippen LogP contribution in [0.2, 0.25) is 0 Å². The van der Waals surface area contributed by atoms with Crippen molar-refractivity contribution in [2.45, 2.75) is 38.7 Å². The van der Waals surface area contributed by atoms with E-state index in [0.717, 1.165) is 24.9 Å². The number of aliphatic hydroxyl groups is 1.